The minimum absolute atomic E-state index is 0.0191. The van der Waals surface area contributed by atoms with Gasteiger partial charge < -0.3 is 39.0 Å². The predicted octanol–water partition coefficient (Wildman–Crippen LogP) is 2.99. The predicted molar refractivity (Wildman–Crippen MR) is 168 cm³/mol. The van der Waals surface area contributed by atoms with Crippen LogP contribution in [0.5, 0.6) is 0 Å². The topological polar surface area (TPSA) is 167 Å². The van der Waals surface area contributed by atoms with Crippen molar-refractivity contribution in [1.82, 2.24) is 10.2 Å². The molecule has 13 nitrogen and oxygen atoms in total. The minimum Gasteiger partial charge on any atom is -0.460 e. The number of nitrogens with zero attached hydrogens (tertiary/aromatic N) is 1. The van der Waals surface area contributed by atoms with E-state index in [0.717, 1.165) is 6.08 Å². The number of rotatable bonds is 12. The van der Waals surface area contributed by atoms with E-state index < -0.39 is 85.1 Å². The highest BCUT2D eigenvalue weighted by molar-refractivity contribution is 5.98. The van der Waals surface area contributed by atoms with Crippen LogP contribution in [0.25, 0.3) is 6.08 Å². The second kappa shape index (κ2) is 16.6. The fourth-order valence-electron chi connectivity index (χ4n) is 5.71. The van der Waals surface area contributed by atoms with Crippen LogP contribution in [0.3, 0.4) is 0 Å². The number of fused-ring (bicyclic) bond motifs is 1. The van der Waals surface area contributed by atoms with Crippen molar-refractivity contribution in [2.45, 2.75) is 95.0 Å². The quantitative estimate of drug-likeness (QED) is 0.186. The average molecular weight is 711 g/mol. The van der Waals surface area contributed by atoms with Crippen molar-refractivity contribution in [2.75, 3.05) is 26.6 Å². The van der Waals surface area contributed by atoms with Crippen molar-refractivity contribution in [2.24, 2.45) is 0 Å². The summed E-state index contributed by atoms with van der Waals surface area (Å²) < 4.78 is 63.3. The number of aliphatic hydroxyl groups is 1. The summed E-state index contributed by atoms with van der Waals surface area (Å²) in [5.74, 6) is -3.38. The summed E-state index contributed by atoms with van der Waals surface area (Å²) in [6.07, 6.45) is -2.44. The Morgan fingerprint density at radius 3 is 2.60 bits per heavy atom. The molecule has 0 bridgehead atoms. The molecule has 2 aliphatic heterocycles. The van der Waals surface area contributed by atoms with Crippen LogP contribution >= 0.6 is 0 Å². The van der Waals surface area contributed by atoms with Gasteiger partial charge in [-0.25, -0.2) is 9.59 Å². The lowest BCUT2D eigenvalue weighted by molar-refractivity contribution is -0.182. The summed E-state index contributed by atoms with van der Waals surface area (Å²) in [5, 5.41) is 12.6. The van der Waals surface area contributed by atoms with Crippen LogP contribution in [0.4, 0.5) is 13.2 Å². The molecule has 1 aliphatic carbocycles. The standard InChI is InChI=1S/C34H41F3N2O11/c1-33(2,3)50-28(42)12-10-23(17-40)38-30(43)24-8-5-13-39(24)31(44)22-15-25-29(48-19-47-25)26(16-22)49-32(45)21-7-4-6-20(14-21)9-11-27(41)46-18-34(35,36)37/h4,6-7,9,11,14-15,23-26,29,40H,5,8,10,12-13,16-19H2,1-3H3,(H,38,43)/t23-,24+,25+,26+,29+/m0/s1. The third-order valence-electron chi connectivity index (χ3n) is 7.94. The highest BCUT2D eigenvalue weighted by Gasteiger charge is 2.45. The van der Waals surface area contributed by atoms with E-state index >= 15 is 0 Å². The van der Waals surface area contributed by atoms with Gasteiger partial charge in [0.05, 0.1) is 18.2 Å². The first kappa shape index (κ1) is 38.5. The number of aliphatic hydroxyl groups excluding tert-OH is 1. The molecule has 50 heavy (non-hydrogen) atoms. The summed E-state index contributed by atoms with van der Waals surface area (Å²) in [4.78, 5) is 65.5. The number of hydrogen-bond acceptors (Lipinski definition) is 11. The zero-order valence-electron chi connectivity index (χ0n) is 27.9. The lowest BCUT2D eigenvalue weighted by Gasteiger charge is -2.33. The number of alkyl halides is 3. The number of amides is 2. The van der Waals surface area contributed by atoms with Gasteiger partial charge in [0.25, 0.3) is 0 Å². The molecule has 0 unspecified atom stereocenters. The Labute approximate surface area is 286 Å². The largest absolute Gasteiger partial charge is 0.460 e. The van der Waals surface area contributed by atoms with E-state index in [4.69, 9.17) is 18.9 Å². The van der Waals surface area contributed by atoms with Gasteiger partial charge in [-0.05, 0) is 69.9 Å². The molecule has 1 aromatic rings. The number of halogens is 3. The molecule has 5 atom stereocenters. The first-order valence-corrected chi connectivity index (χ1v) is 16.1. The highest BCUT2D eigenvalue weighted by atomic mass is 19.4. The molecule has 2 N–H and O–H groups in total. The maximum absolute atomic E-state index is 13.8. The zero-order chi connectivity index (χ0) is 36.6. The Kier molecular flexibility index (Phi) is 12.8. The van der Waals surface area contributed by atoms with E-state index in [1.807, 2.05) is 0 Å². The van der Waals surface area contributed by atoms with Crippen molar-refractivity contribution in [1.29, 1.82) is 0 Å². The summed E-state index contributed by atoms with van der Waals surface area (Å²) in [6.45, 7) is 3.24. The van der Waals surface area contributed by atoms with Crippen LogP contribution < -0.4 is 5.32 Å². The van der Waals surface area contributed by atoms with Crippen molar-refractivity contribution in [3.05, 3.63) is 53.1 Å². The molecule has 2 saturated heterocycles. The van der Waals surface area contributed by atoms with E-state index in [2.05, 4.69) is 10.1 Å². The second-order valence-electron chi connectivity index (χ2n) is 13.1. The summed E-state index contributed by atoms with van der Waals surface area (Å²) in [7, 11) is 0. The van der Waals surface area contributed by atoms with Crippen molar-refractivity contribution >= 4 is 35.8 Å². The van der Waals surface area contributed by atoms with Crippen LogP contribution in [0, 0.1) is 0 Å². The fourth-order valence-corrected chi connectivity index (χ4v) is 5.71. The van der Waals surface area contributed by atoms with Crippen molar-refractivity contribution < 1.29 is 65.9 Å². The van der Waals surface area contributed by atoms with E-state index in [9.17, 15) is 42.3 Å². The maximum atomic E-state index is 13.8. The molecule has 0 saturated carbocycles. The molecule has 1 aromatic carbocycles. The van der Waals surface area contributed by atoms with E-state index in [1.165, 1.54) is 35.2 Å². The third-order valence-corrected chi connectivity index (χ3v) is 7.94. The summed E-state index contributed by atoms with van der Waals surface area (Å²) >= 11 is 0. The Bertz CT molecular complexity index is 1490. The molecule has 2 amide bonds. The van der Waals surface area contributed by atoms with Crippen LogP contribution in [0.1, 0.15) is 68.8 Å². The lowest BCUT2D eigenvalue weighted by Crippen LogP contribution is -2.51. The fraction of sp³-hybridized carbons (Fsp3) is 0.559. The molecule has 16 heteroatoms. The number of likely N-dealkylation sites (tertiary alicyclic amines) is 1. The van der Waals surface area contributed by atoms with Crippen LogP contribution in [0.2, 0.25) is 0 Å². The van der Waals surface area contributed by atoms with Gasteiger partial charge in [0.15, 0.2) is 6.61 Å². The van der Waals surface area contributed by atoms with Gasteiger partial charge in [-0.3, -0.25) is 14.4 Å². The molecule has 2 fully saturated rings. The molecule has 3 aliphatic rings. The number of hydrogen-bond donors (Lipinski definition) is 2. The van der Waals surface area contributed by atoms with E-state index in [1.54, 1.807) is 26.8 Å². The van der Waals surface area contributed by atoms with Gasteiger partial charge in [0.1, 0.15) is 36.7 Å². The number of carbonyl (C=O) groups is 5. The Hall–Kier alpha value is -4.28. The van der Waals surface area contributed by atoms with Gasteiger partial charge in [0, 0.05) is 31.0 Å². The Balaban J connectivity index is 1.38. The molecule has 0 aromatic heterocycles. The van der Waals surface area contributed by atoms with Crippen LogP contribution in [-0.4, -0.2) is 108 Å². The smallest absolute Gasteiger partial charge is 0.422 e. The SMILES string of the molecule is CC(C)(C)OC(=O)CC[C@@H](CO)NC(=O)[C@H]1CCCN1C(=O)C1=C[C@H]2OCO[C@H]2[C@H](OC(=O)c2cccc(C=CC(=O)OCC(F)(F)F)c2)C1. The van der Waals surface area contributed by atoms with Gasteiger partial charge in [-0.1, -0.05) is 12.1 Å². The normalized spacial score (nSPS) is 22.8. The second-order valence-corrected chi connectivity index (χ2v) is 13.1. The first-order chi connectivity index (χ1) is 23.5. The minimum atomic E-state index is -4.67. The Morgan fingerprint density at radius 2 is 1.90 bits per heavy atom. The van der Waals surface area contributed by atoms with Crippen LogP contribution in [-0.2, 0) is 42.9 Å². The van der Waals surface area contributed by atoms with Gasteiger partial charge in [0.2, 0.25) is 11.8 Å². The van der Waals surface area contributed by atoms with Gasteiger partial charge in [-0.2, -0.15) is 13.2 Å². The molecule has 2 heterocycles. The monoisotopic (exact) mass is 710 g/mol. The lowest BCUT2D eigenvalue weighted by atomic mass is 9.91. The number of esters is 3. The number of carbonyl (C=O) groups excluding carboxylic acids is 5. The molecular formula is C34H41F3N2O11. The molecule has 4 rings (SSSR count). The van der Waals surface area contributed by atoms with Crippen LogP contribution in [0.15, 0.2) is 42.0 Å². The zero-order valence-corrected chi connectivity index (χ0v) is 27.9. The van der Waals surface area contributed by atoms with Gasteiger partial charge >= 0.3 is 24.1 Å². The highest BCUT2D eigenvalue weighted by Crippen LogP contribution is 2.33. The van der Waals surface area contributed by atoms with Crippen molar-refractivity contribution in [3.63, 3.8) is 0 Å². The molecular weight excluding hydrogens is 669 g/mol. The maximum Gasteiger partial charge on any atom is 0.422 e. The van der Waals surface area contributed by atoms with E-state index in [0.29, 0.717) is 18.4 Å². The van der Waals surface area contributed by atoms with Gasteiger partial charge in [-0.15, -0.1) is 0 Å². The average Bonchev–Trinajstić information content (AvgIpc) is 3.74. The molecule has 274 valence electrons. The summed E-state index contributed by atoms with van der Waals surface area (Å²) in [5.41, 5.74) is -0.0379. The molecule has 0 radical (unpaired) electrons. The molecule has 0 spiro atoms. The number of nitrogens with one attached hydrogen (secondary N) is 1. The number of ether oxygens (including phenoxy) is 5. The summed E-state index contributed by atoms with van der Waals surface area (Å²) in [6, 6.07) is 4.25. The third kappa shape index (κ3) is 11.1. The van der Waals surface area contributed by atoms with Crippen molar-refractivity contribution in [3.8, 4) is 0 Å². The Morgan fingerprint density at radius 1 is 1.14 bits per heavy atom. The first-order valence-electron chi connectivity index (χ1n) is 16.1. The number of benzene rings is 1. The van der Waals surface area contributed by atoms with E-state index in [-0.39, 0.29) is 43.7 Å².